The molecule has 100 valence electrons. The maximum atomic E-state index is 13.2. The topological polar surface area (TPSA) is 12.0 Å². The van der Waals surface area contributed by atoms with Crippen molar-refractivity contribution in [2.75, 3.05) is 5.32 Å². The van der Waals surface area contributed by atoms with Gasteiger partial charge in [0.1, 0.15) is 5.82 Å². The summed E-state index contributed by atoms with van der Waals surface area (Å²) in [4.78, 5) is 0. The zero-order valence-corrected chi connectivity index (χ0v) is 13.0. The smallest absolute Gasteiger partial charge is 0.125 e. The molecule has 0 heterocycles. The predicted octanol–water partition coefficient (Wildman–Crippen LogP) is 5.48. The van der Waals surface area contributed by atoms with E-state index in [1.54, 1.807) is 0 Å². The Kier molecular flexibility index (Phi) is 4.54. The van der Waals surface area contributed by atoms with E-state index < -0.39 is 0 Å². The SMILES string of the molecule is CC1CCCC(Nc2c(Cl)cc(F)cc2Br)C1C. The summed E-state index contributed by atoms with van der Waals surface area (Å²) >= 11 is 9.48. The summed E-state index contributed by atoms with van der Waals surface area (Å²) < 4.78 is 13.9. The lowest BCUT2D eigenvalue weighted by Gasteiger charge is -2.35. The molecule has 0 saturated heterocycles. The van der Waals surface area contributed by atoms with E-state index in [4.69, 9.17) is 11.6 Å². The molecular weight excluding hydrogens is 317 g/mol. The highest BCUT2D eigenvalue weighted by Gasteiger charge is 2.27. The Bertz CT molecular complexity index is 415. The van der Waals surface area contributed by atoms with Gasteiger partial charge in [-0.1, -0.05) is 38.3 Å². The van der Waals surface area contributed by atoms with Crippen LogP contribution in [0, 0.1) is 17.7 Å². The summed E-state index contributed by atoms with van der Waals surface area (Å²) in [5.74, 6) is 1.00. The normalized spacial score (nSPS) is 28.2. The third-order valence-corrected chi connectivity index (χ3v) is 4.97. The number of hydrogen-bond acceptors (Lipinski definition) is 1. The molecule has 3 atom stereocenters. The third kappa shape index (κ3) is 3.00. The lowest BCUT2D eigenvalue weighted by atomic mass is 9.78. The molecular formula is C14H18BrClFN. The molecule has 0 aromatic heterocycles. The monoisotopic (exact) mass is 333 g/mol. The lowest BCUT2D eigenvalue weighted by Crippen LogP contribution is -2.35. The van der Waals surface area contributed by atoms with Crippen molar-refractivity contribution in [3.8, 4) is 0 Å². The minimum absolute atomic E-state index is 0.317. The van der Waals surface area contributed by atoms with Gasteiger partial charge in [-0.15, -0.1) is 0 Å². The van der Waals surface area contributed by atoms with Gasteiger partial charge in [0.05, 0.1) is 10.7 Å². The standard InChI is InChI=1S/C14H18BrClFN/c1-8-4-3-5-13(9(8)2)18-14-11(15)6-10(17)7-12(14)16/h6-9,13,18H,3-5H2,1-2H3. The summed E-state index contributed by atoms with van der Waals surface area (Å²) in [7, 11) is 0. The van der Waals surface area contributed by atoms with Gasteiger partial charge in [0.15, 0.2) is 0 Å². The van der Waals surface area contributed by atoms with E-state index in [2.05, 4.69) is 35.1 Å². The molecule has 0 amide bonds. The summed E-state index contributed by atoms with van der Waals surface area (Å²) in [5.41, 5.74) is 0.809. The zero-order chi connectivity index (χ0) is 13.3. The van der Waals surface area contributed by atoms with Crippen LogP contribution < -0.4 is 5.32 Å². The predicted molar refractivity (Wildman–Crippen MR) is 78.7 cm³/mol. The molecule has 1 aliphatic carbocycles. The largest absolute Gasteiger partial charge is 0.380 e. The molecule has 0 radical (unpaired) electrons. The molecule has 3 unspecified atom stereocenters. The van der Waals surface area contributed by atoms with Crippen LogP contribution in [0.3, 0.4) is 0 Å². The van der Waals surface area contributed by atoms with Crippen molar-refractivity contribution in [3.05, 3.63) is 27.4 Å². The molecule has 4 heteroatoms. The van der Waals surface area contributed by atoms with Crippen LogP contribution in [-0.4, -0.2) is 6.04 Å². The first-order valence-corrected chi connectivity index (χ1v) is 7.57. The molecule has 0 aliphatic heterocycles. The van der Waals surface area contributed by atoms with E-state index in [9.17, 15) is 4.39 Å². The van der Waals surface area contributed by atoms with E-state index in [0.717, 1.165) is 12.1 Å². The average molecular weight is 335 g/mol. The number of anilines is 1. The van der Waals surface area contributed by atoms with Gasteiger partial charge in [-0.2, -0.15) is 0 Å². The second-order valence-electron chi connectivity index (χ2n) is 5.26. The Morgan fingerprint density at radius 2 is 2.06 bits per heavy atom. The number of rotatable bonds is 2. The summed E-state index contributed by atoms with van der Waals surface area (Å²) in [6.07, 6.45) is 3.67. The molecule has 1 saturated carbocycles. The fraction of sp³-hybridized carbons (Fsp3) is 0.571. The third-order valence-electron chi connectivity index (χ3n) is 4.04. The first kappa shape index (κ1) is 14.1. The Morgan fingerprint density at radius 3 is 2.72 bits per heavy atom. The summed E-state index contributed by atoms with van der Waals surface area (Å²) in [6.45, 7) is 4.56. The maximum absolute atomic E-state index is 13.2. The molecule has 1 N–H and O–H groups in total. The molecule has 1 aliphatic rings. The highest BCUT2D eigenvalue weighted by Crippen LogP contribution is 2.36. The van der Waals surface area contributed by atoms with Gasteiger partial charge in [-0.05, 0) is 46.3 Å². The van der Waals surface area contributed by atoms with Crippen LogP contribution in [0.1, 0.15) is 33.1 Å². The quantitative estimate of drug-likeness (QED) is 0.755. The van der Waals surface area contributed by atoms with Gasteiger partial charge in [-0.3, -0.25) is 0 Å². The highest BCUT2D eigenvalue weighted by molar-refractivity contribution is 9.10. The number of hydrogen-bond donors (Lipinski definition) is 1. The van der Waals surface area contributed by atoms with Crippen LogP contribution in [0.2, 0.25) is 5.02 Å². The maximum Gasteiger partial charge on any atom is 0.125 e. The van der Waals surface area contributed by atoms with E-state index in [-0.39, 0.29) is 5.82 Å². The number of nitrogens with one attached hydrogen (secondary N) is 1. The van der Waals surface area contributed by atoms with Crippen molar-refractivity contribution in [3.63, 3.8) is 0 Å². The molecule has 18 heavy (non-hydrogen) atoms. The van der Waals surface area contributed by atoms with Gasteiger partial charge >= 0.3 is 0 Å². The van der Waals surface area contributed by atoms with Crippen molar-refractivity contribution >= 4 is 33.2 Å². The van der Waals surface area contributed by atoms with Crippen LogP contribution in [0.5, 0.6) is 0 Å². The minimum atomic E-state index is -0.317. The van der Waals surface area contributed by atoms with E-state index in [1.807, 2.05) is 0 Å². The first-order chi connectivity index (χ1) is 8.49. The Hall–Kier alpha value is -0.280. The van der Waals surface area contributed by atoms with E-state index in [1.165, 1.54) is 25.0 Å². The van der Waals surface area contributed by atoms with Crippen molar-refractivity contribution in [1.29, 1.82) is 0 Å². The van der Waals surface area contributed by atoms with Gasteiger partial charge in [-0.25, -0.2) is 4.39 Å². The Balaban J connectivity index is 2.18. The van der Waals surface area contributed by atoms with Crippen molar-refractivity contribution in [2.45, 2.75) is 39.2 Å². The molecule has 0 spiro atoms. The van der Waals surface area contributed by atoms with Gasteiger partial charge in [0, 0.05) is 10.5 Å². The average Bonchev–Trinajstić information content (AvgIpc) is 2.28. The van der Waals surface area contributed by atoms with Gasteiger partial charge in [0.25, 0.3) is 0 Å². The zero-order valence-electron chi connectivity index (χ0n) is 10.6. The summed E-state index contributed by atoms with van der Waals surface area (Å²) in [6, 6.07) is 3.21. The van der Waals surface area contributed by atoms with Crippen molar-refractivity contribution in [2.24, 2.45) is 11.8 Å². The lowest BCUT2D eigenvalue weighted by molar-refractivity contribution is 0.253. The Morgan fingerprint density at radius 1 is 1.33 bits per heavy atom. The van der Waals surface area contributed by atoms with Crippen LogP contribution in [0.4, 0.5) is 10.1 Å². The molecule has 1 fully saturated rings. The van der Waals surface area contributed by atoms with Gasteiger partial charge < -0.3 is 5.32 Å². The van der Waals surface area contributed by atoms with Gasteiger partial charge in [0.2, 0.25) is 0 Å². The van der Waals surface area contributed by atoms with E-state index in [0.29, 0.717) is 27.4 Å². The first-order valence-electron chi connectivity index (χ1n) is 6.40. The second-order valence-corrected chi connectivity index (χ2v) is 6.52. The molecule has 1 nitrogen and oxygen atoms in total. The molecule has 1 aromatic carbocycles. The highest BCUT2D eigenvalue weighted by atomic mass is 79.9. The number of halogens is 3. The van der Waals surface area contributed by atoms with Crippen LogP contribution in [0.15, 0.2) is 16.6 Å². The molecule has 1 aromatic rings. The Labute approximate surface area is 121 Å². The van der Waals surface area contributed by atoms with Crippen molar-refractivity contribution < 1.29 is 4.39 Å². The van der Waals surface area contributed by atoms with Crippen LogP contribution in [0.25, 0.3) is 0 Å². The van der Waals surface area contributed by atoms with E-state index >= 15 is 0 Å². The number of benzene rings is 1. The summed E-state index contributed by atoms with van der Waals surface area (Å²) in [5, 5.41) is 3.92. The fourth-order valence-electron chi connectivity index (χ4n) is 2.65. The van der Waals surface area contributed by atoms with Crippen LogP contribution >= 0.6 is 27.5 Å². The molecule has 2 rings (SSSR count). The van der Waals surface area contributed by atoms with Crippen molar-refractivity contribution in [1.82, 2.24) is 0 Å². The minimum Gasteiger partial charge on any atom is -0.380 e. The van der Waals surface area contributed by atoms with Crippen LogP contribution in [-0.2, 0) is 0 Å². The molecule has 0 bridgehead atoms. The second kappa shape index (κ2) is 5.79. The fourth-order valence-corrected chi connectivity index (χ4v) is 3.57.